The summed E-state index contributed by atoms with van der Waals surface area (Å²) in [6.07, 6.45) is 1.54. The van der Waals surface area contributed by atoms with E-state index in [1.54, 1.807) is 25.5 Å². The number of hydrazone groups is 1. The van der Waals surface area contributed by atoms with E-state index in [9.17, 15) is 4.79 Å². The van der Waals surface area contributed by atoms with Crippen LogP contribution in [-0.4, -0.2) is 24.2 Å². The fourth-order valence-electron chi connectivity index (χ4n) is 3.03. The molecule has 0 radical (unpaired) electrons. The van der Waals surface area contributed by atoms with Gasteiger partial charge in [-0.3, -0.25) is 4.79 Å². The maximum Gasteiger partial charge on any atom is 0.289 e. The molecule has 154 valence electrons. The maximum atomic E-state index is 12.3. The molecule has 3 aromatic carbocycles. The number of nitrogens with one attached hydrogen (secondary N) is 1. The van der Waals surface area contributed by atoms with E-state index in [4.69, 9.17) is 9.47 Å². The number of ether oxygens (including phenoxy) is 2. The number of fused-ring (bicyclic) bond motifs is 1. The molecule has 0 aliphatic carbocycles. The summed E-state index contributed by atoms with van der Waals surface area (Å²) in [6.45, 7) is 0.444. The SMILES string of the molecule is COc1cc(/C=N/NC(=O)c2ccc3ccccc3n2)ccc1OCc1ccccc1. The first-order valence-corrected chi connectivity index (χ1v) is 9.77. The Morgan fingerprint density at radius 2 is 1.77 bits per heavy atom. The number of hydrogen-bond donors (Lipinski definition) is 1. The van der Waals surface area contributed by atoms with Crippen LogP contribution in [0.4, 0.5) is 0 Å². The van der Waals surface area contributed by atoms with Crippen molar-refractivity contribution in [2.24, 2.45) is 5.10 Å². The normalized spacial score (nSPS) is 10.9. The van der Waals surface area contributed by atoms with Gasteiger partial charge in [0.15, 0.2) is 11.5 Å². The highest BCUT2D eigenvalue weighted by atomic mass is 16.5. The van der Waals surface area contributed by atoms with Crippen LogP contribution >= 0.6 is 0 Å². The molecule has 4 rings (SSSR count). The molecule has 4 aromatic rings. The van der Waals surface area contributed by atoms with Crippen molar-refractivity contribution in [1.29, 1.82) is 0 Å². The molecule has 0 aliphatic rings. The van der Waals surface area contributed by atoms with Crippen molar-refractivity contribution < 1.29 is 14.3 Å². The molecule has 0 atom stereocenters. The summed E-state index contributed by atoms with van der Waals surface area (Å²) < 4.78 is 11.3. The zero-order valence-electron chi connectivity index (χ0n) is 17.0. The van der Waals surface area contributed by atoms with Crippen molar-refractivity contribution in [3.8, 4) is 11.5 Å². The van der Waals surface area contributed by atoms with Gasteiger partial charge in [-0.1, -0.05) is 54.6 Å². The van der Waals surface area contributed by atoms with Crippen LogP contribution in [0.3, 0.4) is 0 Å². The van der Waals surface area contributed by atoms with Crippen LogP contribution in [0.1, 0.15) is 21.6 Å². The molecule has 1 amide bonds. The van der Waals surface area contributed by atoms with Gasteiger partial charge in [0.1, 0.15) is 12.3 Å². The highest BCUT2D eigenvalue weighted by molar-refractivity contribution is 5.95. The summed E-state index contributed by atoms with van der Waals surface area (Å²) in [5.74, 6) is 0.840. The molecule has 0 bridgehead atoms. The number of pyridine rings is 1. The molecule has 31 heavy (non-hydrogen) atoms. The van der Waals surface area contributed by atoms with Crippen molar-refractivity contribution in [3.63, 3.8) is 0 Å². The van der Waals surface area contributed by atoms with Gasteiger partial charge in [-0.25, -0.2) is 10.4 Å². The topological polar surface area (TPSA) is 72.8 Å². The van der Waals surface area contributed by atoms with Gasteiger partial charge < -0.3 is 9.47 Å². The summed E-state index contributed by atoms with van der Waals surface area (Å²) >= 11 is 0. The third kappa shape index (κ3) is 5.05. The summed E-state index contributed by atoms with van der Waals surface area (Å²) in [4.78, 5) is 16.7. The van der Waals surface area contributed by atoms with Gasteiger partial charge in [-0.2, -0.15) is 5.10 Å². The standard InChI is InChI=1S/C25H21N3O3/c1-30-24-15-19(11-14-23(24)31-17-18-7-3-2-4-8-18)16-26-28-25(29)22-13-12-20-9-5-6-10-21(20)27-22/h2-16H,17H2,1H3,(H,28,29)/b26-16+. The largest absolute Gasteiger partial charge is 0.493 e. The Bertz CT molecular complexity index is 1220. The van der Waals surface area contributed by atoms with Gasteiger partial charge in [0.05, 0.1) is 18.8 Å². The van der Waals surface area contributed by atoms with Crippen LogP contribution in [0.5, 0.6) is 11.5 Å². The van der Waals surface area contributed by atoms with Crippen LogP contribution in [0.15, 0.2) is 90.0 Å². The highest BCUT2D eigenvalue weighted by Gasteiger charge is 2.08. The average molecular weight is 411 g/mol. The zero-order valence-corrected chi connectivity index (χ0v) is 17.0. The molecular formula is C25H21N3O3. The molecule has 6 heteroatoms. The number of amides is 1. The number of methoxy groups -OCH3 is 1. The lowest BCUT2D eigenvalue weighted by Gasteiger charge is -2.11. The molecule has 0 spiro atoms. The number of benzene rings is 3. The van der Waals surface area contributed by atoms with E-state index in [1.807, 2.05) is 72.8 Å². The Balaban J connectivity index is 1.40. The molecule has 0 saturated heterocycles. The van der Waals surface area contributed by atoms with Crippen molar-refractivity contribution in [2.45, 2.75) is 6.61 Å². The van der Waals surface area contributed by atoms with E-state index in [1.165, 1.54) is 0 Å². The first-order chi connectivity index (χ1) is 15.2. The monoisotopic (exact) mass is 411 g/mol. The van der Waals surface area contributed by atoms with E-state index in [-0.39, 0.29) is 5.91 Å². The summed E-state index contributed by atoms with van der Waals surface area (Å²) in [6, 6.07) is 26.5. The Kier molecular flexibility index (Phi) is 6.18. The van der Waals surface area contributed by atoms with Crippen molar-refractivity contribution in [2.75, 3.05) is 7.11 Å². The van der Waals surface area contributed by atoms with Gasteiger partial charge in [0.2, 0.25) is 0 Å². The lowest BCUT2D eigenvalue weighted by molar-refractivity contribution is 0.0950. The first-order valence-electron chi connectivity index (χ1n) is 9.77. The Morgan fingerprint density at radius 3 is 2.61 bits per heavy atom. The molecule has 0 saturated carbocycles. The van der Waals surface area contributed by atoms with Gasteiger partial charge >= 0.3 is 0 Å². The Morgan fingerprint density at radius 1 is 0.968 bits per heavy atom. The van der Waals surface area contributed by atoms with E-state index in [2.05, 4.69) is 15.5 Å². The minimum absolute atomic E-state index is 0.304. The lowest BCUT2D eigenvalue weighted by Crippen LogP contribution is -2.18. The van der Waals surface area contributed by atoms with Crippen molar-refractivity contribution in [1.82, 2.24) is 10.4 Å². The quantitative estimate of drug-likeness (QED) is 0.357. The van der Waals surface area contributed by atoms with Crippen molar-refractivity contribution >= 4 is 23.0 Å². The Hall–Kier alpha value is -4.19. The first kappa shape index (κ1) is 20.1. The lowest BCUT2D eigenvalue weighted by atomic mass is 10.2. The van der Waals surface area contributed by atoms with E-state index in [0.717, 1.165) is 22.0 Å². The molecule has 0 aliphatic heterocycles. The smallest absolute Gasteiger partial charge is 0.289 e. The minimum Gasteiger partial charge on any atom is -0.493 e. The number of nitrogens with zero attached hydrogens (tertiary/aromatic N) is 2. The second-order valence-electron chi connectivity index (χ2n) is 6.77. The van der Waals surface area contributed by atoms with Crippen LogP contribution < -0.4 is 14.9 Å². The molecule has 0 unspecified atom stereocenters. The molecule has 1 heterocycles. The van der Waals surface area contributed by atoms with Crippen LogP contribution in [0, 0.1) is 0 Å². The molecular weight excluding hydrogens is 390 g/mol. The maximum absolute atomic E-state index is 12.3. The summed E-state index contributed by atoms with van der Waals surface area (Å²) in [7, 11) is 1.58. The number of carbonyl (C=O) groups excluding carboxylic acids is 1. The van der Waals surface area contributed by atoms with E-state index in [0.29, 0.717) is 23.8 Å². The molecule has 1 N–H and O–H groups in total. The van der Waals surface area contributed by atoms with E-state index >= 15 is 0 Å². The fourth-order valence-corrected chi connectivity index (χ4v) is 3.03. The van der Waals surface area contributed by atoms with Gasteiger partial charge in [-0.15, -0.1) is 0 Å². The van der Waals surface area contributed by atoms with Crippen molar-refractivity contribution in [3.05, 3.63) is 102 Å². The van der Waals surface area contributed by atoms with E-state index < -0.39 is 0 Å². The Labute approximate surface area is 180 Å². The number of carbonyl (C=O) groups is 1. The summed E-state index contributed by atoms with van der Waals surface area (Å²) in [5, 5.41) is 5.01. The zero-order chi connectivity index (χ0) is 21.5. The molecule has 0 fully saturated rings. The molecule has 1 aromatic heterocycles. The number of rotatable bonds is 7. The van der Waals surface area contributed by atoms with Crippen LogP contribution in [-0.2, 0) is 6.61 Å². The molecule has 6 nitrogen and oxygen atoms in total. The minimum atomic E-state index is -0.378. The summed E-state index contributed by atoms with van der Waals surface area (Å²) in [5.41, 5.74) is 5.40. The van der Waals surface area contributed by atoms with Crippen LogP contribution in [0.25, 0.3) is 10.9 Å². The number of hydrogen-bond acceptors (Lipinski definition) is 5. The highest BCUT2D eigenvalue weighted by Crippen LogP contribution is 2.28. The second kappa shape index (κ2) is 9.54. The second-order valence-corrected chi connectivity index (χ2v) is 6.77. The third-order valence-corrected chi connectivity index (χ3v) is 4.64. The fraction of sp³-hybridized carbons (Fsp3) is 0.0800. The predicted molar refractivity (Wildman–Crippen MR) is 121 cm³/mol. The predicted octanol–water partition coefficient (Wildman–Crippen LogP) is 4.59. The number of aromatic nitrogens is 1. The average Bonchev–Trinajstić information content (AvgIpc) is 2.83. The van der Waals surface area contributed by atoms with Gasteiger partial charge in [-0.05, 0) is 41.5 Å². The van der Waals surface area contributed by atoms with Gasteiger partial charge in [0.25, 0.3) is 5.91 Å². The number of para-hydroxylation sites is 1. The van der Waals surface area contributed by atoms with Crippen LogP contribution in [0.2, 0.25) is 0 Å². The van der Waals surface area contributed by atoms with Gasteiger partial charge in [0, 0.05) is 5.39 Å². The third-order valence-electron chi connectivity index (χ3n) is 4.64.